The van der Waals surface area contributed by atoms with Crippen LogP contribution in [-0.2, 0) is 16.1 Å². The number of carbonyl (C=O) groups excluding carboxylic acids is 2. The number of ether oxygens (including phenoxy) is 1. The zero-order valence-corrected chi connectivity index (χ0v) is 16.1. The van der Waals surface area contributed by atoms with Gasteiger partial charge in [0.25, 0.3) is 5.91 Å². The number of hydrogen-bond acceptors (Lipinski definition) is 3. The molecule has 138 valence electrons. The van der Waals surface area contributed by atoms with Crippen molar-refractivity contribution in [3.8, 4) is 5.75 Å². The SMILES string of the molecule is CNC(=O)[C@@H](C)N(Cc1ccc(Cl)cc1)C(=O)COc1cccc(Cl)c1. The van der Waals surface area contributed by atoms with Crippen LogP contribution >= 0.6 is 23.2 Å². The highest BCUT2D eigenvalue weighted by Crippen LogP contribution is 2.18. The van der Waals surface area contributed by atoms with Crippen molar-refractivity contribution in [2.24, 2.45) is 0 Å². The molecule has 7 heteroatoms. The lowest BCUT2D eigenvalue weighted by Crippen LogP contribution is -2.48. The van der Waals surface area contributed by atoms with Gasteiger partial charge in [-0.15, -0.1) is 0 Å². The van der Waals surface area contributed by atoms with Crippen molar-refractivity contribution >= 4 is 35.0 Å². The van der Waals surface area contributed by atoms with E-state index >= 15 is 0 Å². The van der Waals surface area contributed by atoms with Crippen LogP contribution in [0, 0.1) is 0 Å². The molecule has 0 spiro atoms. The summed E-state index contributed by atoms with van der Waals surface area (Å²) in [4.78, 5) is 26.2. The molecule has 2 rings (SSSR count). The Morgan fingerprint density at radius 2 is 1.81 bits per heavy atom. The van der Waals surface area contributed by atoms with Gasteiger partial charge in [0.1, 0.15) is 11.8 Å². The summed E-state index contributed by atoms with van der Waals surface area (Å²) < 4.78 is 5.52. The highest BCUT2D eigenvalue weighted by atomic mass is 35.5. The number of amides is 2. The monoisotopic (exact) mass is 394 g/mol. The average molecular weight is 395 g/mol. The Morgan fingerprint density at radius 3 is 2.42 bits per heavy atom. The molecular formula is C19H20Cl2N2O3. The summed E-state index contributed by atoms with van der Waals surface area (Å²) in [6.45, 7) is 1.74. The molecule has 0 saturated heterocycles. The quantitative estimate of drug-likeness (QED) is 0.780. The summed E-state index contributed by atoms with van der Waals surface area (Å²) in [7, 11) is 1.53. The normalized spacial score (nSPS) is 11.5. The van der Waals surface area contributed by atoms with Crippen molar-refractivity contribution < 1.29 is 14.3 Å². The summed E-state index contributed by atoms with van der Waals surface area (Å²) in [5.74, 6) is -0.0732. The lowest BCUT2D eigenvalue weighted by atomic mass is 10.1. The van der Waals surface area contributed by atoms with Crippen molar-refractivity contribution in [2.45, 2.75) is 19.5 Å². The van der Waals surface area contributed by atoms with Gasteiger partial charge in [-0.05, 0) is 42.8 Å². The molecule has 26 heavy (non-hydrogen) atoms. The number of benzene rings is 2. The largest absolute Gasteiger partial charge is 0.484 e. The molecule has 0 aliphatic rings. The molecular weight excluding hydrogens is 375 g/mol. The molecule has 1 N–H and O–H groups in total. The van der Waals surface area contributed by atoms with E-state index in [1.807, 2.05) is 12.1 Å². The summed E-state index contributed by atoms with van der Waals surface area (Å²) in [5, 5.41) is 3.69. The van der Waals surface area contributed by atoms with Gasteiger partial charge in [0.2, 0.25) is 5.91 Å². The molecule has 0 bridgehead atoms. The number of halogens is 2. The Hall–Kier alpha value is -2.24. The number of nitrogens with zero attached hydrogens (tertiary/aromatic N) is 1. The molecule has 0 unspecified atom stereocenters. The minimum atomic E-state index is -0.647. The van der Waals surface area contributed by atoms with Crippen LogP contribution in [0.15, 0.2) is 48.5 Å². The number of carbonyl (C=O) groups is 2. The second-order valence-electron chi connectivity index (χ2n) is 5.68. The molecule has 1 atom stereocenters. The Kier molecular flexibility index (Phi) is 7.30. The number of rotatable bonds is 7. The first kappa shape index (κ1) is 20.1. The minimum Gasteiger partial charge on any atom is -0.484 e. The maximum Gasteiger partial charge on any atom is 0.261 e. The van der Waals surface area contributed by atoms with E-state index in [2.05, 4.69) is 5.32 Å². The van der Waals surface area contributed by atoms with Crippen molar-refractivity contribution in [1.82, 2.24) is 10.2 Å². The topological polar surface area (TPSA) is 58.6 Å². The Bertz CT molecular complexity index is 766. The van der Waals surface area contributed by atoms with Crippen LogP contribution in [-0.4, -0.2) is 36.4 Å². The molecule has 0 radical (unpaired) electrons. The van der Waals surface area contributed by atoms with Gasteiger partial charge in [-0.1, -0.05) is 41.4 Å². The van der Waals surface area contributed by atoms with E-state index in [0.29, 0.717) is 15.8 Å². The summed E-state index contributed by atoms with van der Waals surface area (Å²) >= 11 is 11.8. The Labute approximate surface area is 162 Å². The second-order valence-corrected chi connectivity index (χ2v) is 6.56. The maximum atomic E-state index is 12.7. The lowest BCUT2D eigenvalue weighted by Gasteiger charge is -2.28. The van der Waals surface area contributed by atoms with E-state index in [4.69, 9.17) is 27.9 Å². The molecule has 0 aliphatic heterocycles. The predicted molar refractivity (Wildman–Crippen MR) is 102 cm³/mol. The van der Waals surface area contributed by atoms with Crippen LogP contribution in [0.1, 0.15) is 12.5 Å². The van der Waals surface area contributed by atoms with Crippen molar-refractivity contribution in [3.63, 3.8) is 0 Å². The highest BCUT2D eigenvalue weighted by Gasteiger charge is 2.25. The van der Waals surface area contributed by atoms with Crippen molar-refractivity contribution in [2.75, 3.05) is 13.7 Å². The standard InChI is InChI=1S/C19H20Cl2N2O3/c1-13(19(25)22-2)23(11-14-6-8-15(20)9-7-14)18(24)12-26-17-5-3-4-16(21)10-17/h3-10,13H,11-12H2,1-2H3,(H,22,25)/t13-/m1/s1. The van der Waals surface area contributed by atoms with Gasteiger partial charge in [-0.25, -0.2) is 0 Å². The molecule has 0 heterocycles. The summed E-state index contributed by atoms with van der Waals surface area (Å²) in [6.07, 6.45) is 0. The van der Waals surface area contributed by atoms with E-state index in [1.54, 1.807) is 43.3 Å². The second kappa shape index (κ2) is 9.46. The maximum absolute atomic E-state index is 12.7. The van der Waals surface area contributed by atoms with Gasteiger partial charge >= 0.3 is 0 Å². The van der Waals surface area contributed by atoms with Gasteiger partial charge < -0.3 is 15.0 Å². The van der Waals surface area contributed by atoms with Gasteiger partial charge in [0.15, 0.2) is 6.61 Å². The van der Waals surface area contributed by atoms with Crippen LogP contribution in [0.3, 0.4) is 0 Å². The highest BCUT2D eigenvalue weighted by molar-refractivity contribution is 6.30. The summed E-state index contributed by atoms with van der Waals surface area (Å²) in [6, 6.07) is 13.3. The number of hydrogen-bond donors (Lipinski definition) is 1. The molecule has 5 nitrogen and oxygen atoms in total. The zero-order chi connectivity index (χ0) is 19.1. The molecule has 0 saturated carbocycles. The third-order valence-electron chi connectivity index (χ3n) is 3.84. The van der Waals surface area contributed by atoms with Crippen LogP contribution in [0.5, 0.6) is 5.75 Å². The van der Waals surface area contributed by atoms with E-state index in [9.17, 15) is 9.59 Å². The molecule has 2 aromatic carbocycles. The average Bonchev–Trinajstić information content (AvgIpc) is 2.64. The third kappa shape index (κ3) is 5.64. The summed E-state index contributed by atoms with van der Waals surface area (Å²) in [5.41, 5.74) is 0.862. The number of likely N-dealkylation sites (N-methyl/N-ethyl adjacent to an activating group) is 1. The minimum absolute atomic E-state index is 0.199. The van der Waals surface area contributed by atoms with E-state index in [0.717, 1.165) is 5.56 Å². The van der Waals surface area contributed by atoms with Crippen LogP contribution in [0.25, 0.3) is 0 Å². The zero-order valence-electron chi connectivity index (χ0n) is 14.5. The fourth-order valence-electron chi connectivity index (χ4n) is 2.36. The van der Waals surface area contributed by atoms with Gasteiger partial charge in [-0.2, -0.15) is 0 Å². The predicted octanol–water partition coefficient (Wildman–Crippen LogP) is 3.54. The first-order valence-electron chi connectivity index (χ1n) is 8.04. The lowest BCUT2D eigenvalue weighted by molar-refractivity contribution is -0.142. The third-order valence-corrected chi connectivity index (χ3v) is 4.33. The van der Waals surface area contributed by atoms with E-state index in [1.165, 1.54) is 11.9 Å². The Morgan fingerprint density at radius 1 is 1.12 bits per heavy atom. The smallest absolute Gasteiger partial charge is 0.261 e. The molecule has 0 fully saturated rings. The first-order chi connectivity index (χ1) is 12.4. The van der Waals surface area contributed by atoms with Crippen LogP contribution in [0.2, 0.25) is 10.0 Å². The fraction of sp³-hybridized carbons (Fsp3) is 0.263. The molecule has 2 amide bonds. The van der Waals surface area contributed by atoms with Gasteiger partial charge in [-0.3, -0.25) is 9.59 Å². The van der Waals surface area contributed by atoms with Gasteiger partial charge in [0.05, 0.1) is 0 Å². The molecule has 2 aromatic rings. The molecule has 0 aliphatic carbocycles. The first-order valence-corrected chi connectivity index (χ1v) is 8.80. The van der Waals surface area contributed by atoms with E-state index < -0.39 is 6.04 Å². The Balaban J connectivity index is 2.12. The van der Waals surface area contributed by atoms with Crippen molar-refractivity contribution in [1.29, 1.82) is 0 Å². The number of nitrogens with one attached hydrogen (secondary N) is 1. The fourth-order valence-corrected chi connectivity index (χ4v) is 2.67. The van der Waals surface area contributed by atoms with Crippen LogP contribution < -0.4 is 10.1 Å². The molecule has 0 aromatic heterocycles. The van der Waals surface area contributed by atoms with Gasteiger partial charge in [0, 0.05) is 23.6 Å². The van der Waals surface area contributed by atoms with Crippen LogP contribution in [0.4, 0.5) is 0 Å². The van der Waals surface area contributed by atoms with Crippen molar-refractivity contribution in [3.05, 3.63) is 64.1 Å². The van der Waals surface area contributed by atoms with E-state index in [-0.39, 0.29) is 25.0 Å².